The molecule has 1 unspecified atom stereocenters. The maximum Gasteiger partial charge on any atom is 0.240 e. The highest BCUT2D eigenvalue weighted by Gasteiger charge is 2.54. The lowest BCUT2D eigenvalue weighted by Gasteiger charge is -2.55. The summed E-state index contributed by atoms with van der Waals surface area (Å²) in [5, 5.41) is 16.5. The highest BCUT2D eigenvalue weighted by atomic mass is 16.5. The van der Waals surface area contributed by atoms with Crippen molar-refractivity contribution in [3.63, 3.8) is 0 Å². The van der Waals surface area contributed by atoms with E-state index in [1.807, 2.05) is 13.8 Å². The number of Topliss-reactive ketones (excluding diaryl/α,β-unsaturated/α-hetero) is 1. The molecule has 2 heterocycles. The van der Waals surface area contributed by atoms with Crippen molar-refractivity contribution in [1.29, 1.82) is 0 Å². The van der Waals surface area contributed by atoms with Crippen LogP contribution in [0.2, 0.25) is 0 Å². The van der Waals surface area contributed by atoms with E-state index in [9.17, 15) is 14.7 Å². The van der Waals surface area contributed by atoms with Crippen LogP contribution in [0.1, 0.15) is 81.7 Å². The summed E-state index contributed by atoms with van der Waals surface area (Å²) >= 11 is 0. The lowest BCUT2D eigenvalue weighted by atomic mass is 9.49. The third-order valence-corrected chi connectivity index (χ3v) is 8.13. The SMILES string of the molecule is CC(C)(CO)NCC(=O)N1CCCC1C(=O)c1noc(C23CC4CC(CC(C4)C2)C3)n1. The molecular formula is C23H34N4O4. The minimum Gasteiger partial charge on any atom is -0.394 e. The summed E-state index contributed by atoms with van der Waals surface area (Å²) in [5.74, 6) is 2.70. The van der Waals surface area contributed by atoms with Crippen LogP contribution in [0.5, 0.6) is 0 Å². The number of rotatable bonds is 7. The van der Waals surface area contributed by atoms with E-state index in [0.717, 1.165) is 43.4 Å². The summed E-state index contributed by atoms with van der Waals surface area (Å²) in [7, 11) is 0. The van der Waals surface area contributed by atoms with Gasteiger partial charge in [-0.2, -0.15) is 4.98 Å². The molecule has 2 N–H and O–H groups in total. The molecule has 0 spiro atoms. The molecule has 1 aromatic rings. The molecular weight excluding hydrogens is 396 g/mol. The van der Waals surface area contributed by atoms with Crippen LogP contribution in [0.25, 0.3) is 0 Å². The number of ketones is 1. The molecule has 5 aliphatic rings. The fraction of sp³-hybridized carbons (Fsp3) is 0.826. The molecule has 1 atom stereocenters. The van der Waals surface area contributed by atoms with Crippen LogP contribution >= 0.6 is 0 Å². The van der Waals surface area contributed by atoms with E-state index >= 15 is 0 Å². The summed E-state index contributed by atoms with van der Waals surface area (Å²) < 4.78 is 5.71. The predicted octanol–water partition coefficient (Wildman–Crippen LogP) is 2.07. The Morgan fingerprint density at radius 2 is 1.84 bits per heavy atom. The van der Waals surface area contributed by atoms with Crippen molar-refractivity contribution in [3.05, 3.63) is 11.7 Å². The zero-order valence-electron chi connectivity index (χ0n) is 18.6. The van der Waals surface area contributed by atoms with Crippen LogP contribution in [0, 0.1) is 17.8 Å². The monoisotopic (exact) mass is 430 g/mol. The number of carbonyl (C=O) groups excluding carboxylic acids is 2. The first kappa shape index (κ1) is 21.1. The number of nitrogens with zero attached hydrogens (tertiary/aromatic N) is 3. The van der Waals surface area contributed by atoms with E-state index in [1.165, 1.54) is 19.3 Å². The van der Waals surface area contributed by atoms with Crippen LogP contribution < -0.4 is 5.32 Å². The van der Waals surface area contributed by atoms with Crippen LogP contribution in [-0.4, -0.2) is 63.1 Å². The van der Waals surface area contributed by atoms with Gasteiger partial charge in [0.15, 0.2) is 0 Å². The Balaban J connectivity index is 1.28. The molecule has 0 radical (unpaired) electrons. The van der Waals surface area contributed by atoms with E-state index in [-0.39, 0.29) is 36.1 Å². The van der Waals surface area contributed by atoms with E-state index in [0.29, 0.717) is 18.9 Å². The lowest BCUT2D eigenvalue weighted by molar-refractivity contribution is -0.130. The van der Waals surface area contributed by atoms with E-state index < -0.39 is 11.6 Å². The van der Waals surface area contributed by atoms with Crippen LogP contribution in [-0.2, 0) is 10.2 Å². The van der Waals surface area contributed by atoms with Gasteiger partial charge in [-0.05, 0) is 83.0 Å². The number of likely N-dealkylation sites (tertiary alicyclic amines) is 1. The summed E-state index contributed by atoms with van der Waals surface area (Å²) in [6, 6.07) is -0.534. The first-order chi connectivity index (χ1) is 14.8. The van der Waals surface area contributed by atoms with Gasteiger partial charge >= 0.3 is 0 Å². The molecule has 4 saturated carbocycles. The van der Waals surface area contributed by atoms with Gasteiger partial charge in [-0.1, -0.05) is 5.16 Å². The Morgan fingerprint density at radius 1 is 1.19 bits per heavy atom. The fourth-order valence-corrected chi connectivity index (χ4v) is 6.87. The smallest absolute Gasteiger partial charge is 0.240 e. The number of amides is 1. The molecule has 6 rings (SSSR count). The molecule has 8 heteroatoms. The van der Waals surface area contributed by atoms with Crippen LogP contribution in [0.3, 0.4) is 0 Å². The number of aliphatic hydroxyl groups excluding tert-OH is 1. The zero-order valence-corrected chi connectivity index (χ0v) is 18.6. The Kier molecular flexibility index (Phi) is 5.20. The molecule has 170 valence electrons. The third-order valence-electron chi connectivity index (χ3n) is 8.13. The van der Waals surface area contributed by atoms with Gasteiger partial charge in [-0.15, -0.1) is 0 Å². The van der Waals surface area contributed by atoms with Crippen molar-refractivity contribution in [2.45, 2.75) is 82.2 Å². The van der Waals surface area contributed by atoms with Crippen LogP contribution in [0.15, 0.2) is 4.52 Å². The van der Waals surface area contributed by atoms with E-state index in [4.69, 9.17) is 4.52 Å². The molecule has 0 aromatic carbocycles. The number of hydrogen-bond donors (Lipinski definition) is 2. The summed E-state index contributed by atoms with van der Waals surface area (Å²) in [4.78, 5) is 32.2. The zero-order chi connectivity index (χ0) is 21.8. The molecule has 1 amide bonds. The maximum atomic E-state index is 13.2. The molecule has 5 fully saturated rings. The molecule has 1 aliphatic heterocycles. The normalized spacial score (nSPS) is 34.5. The van der Waals surface area contributed by atoms with Gasteiger partial charge in [0.25, 0.3) is 0 Å². The second-order valence-corrected chi connectivity index (χ2v) is 11.1. The molecule has 31 heavy (non-hydrogen) atoms. The predicted molar refractivity (Wildman–Crippen MR) is 112 cm³/mol. The standard InChI is InChI=1S/C23H34N4O4/c1-22(2,13-28)24-12-18(29)27-5-3-4-17(27)19(30)20-25-21(31-26-20)23-9-14-6-15(10-23)8-16(7-14)11-23/h14-17,24,28H,3-13H2,1-2H3. The quantitative estimate of drug-likeness (QED) is 0.638. The second kappa shape index (κ2) is 7.66. The van der Waals surface area contributed by atoms with Crippen molar-refractivity contribution in [2.24, 2.45) is 17.8 Å². The van der Waals surface area contributed by atoms with Gasteiger partial charge in [0.05, 0.1) is 24.6 Å². The Hall–Kier alpha value is -1.80. The molecule has 4 aliphatic carbocycles. The number of aromatic nitrogens is 2. The molecule has 8 nitrogen and oxygen atoms in total. The van der Waals surface area contributed by atoms with Crippen molar-refractivity contribution in [3.8, 4) is 0 Å². The number of nitrogens with one attached hydrogen (secondary N) is 1. The van der Waals surface area contributed by atoms with Gasteiger partial charge in [0.1, 0.15) is 0 Å². The highest BCUT2D eigenvalue weighted by Crippen LogP contribution is 2.60. The van der Waals surface area contributed by atoms with Crippen molar-refractivity contribution in [2.75, 3.05) is 19.7 Å². The molecule has 1 saturated heterocycles. The van der Waals surface area contributed by atoms with E-state index in [2.05, 4.69) is 15.5 Å². The van der Waals surface area contributed by atoms with E-state index in [1.54, 1.807) is 4.90 Å². The van der Waals surface area contributed by atoms with Crippen LogP contribution in [0.4, 0.5) is 0 Å². The summed E-state index contributed by atoms with van der Waals surface area (Å²) in [5.41, 5.74) is -0.583. The maximum absolute atomic E-state index is 13.2. The number of hydrogen-bond acceptors (Lipinski definition) is 7. The average Bonchev–Trinajstić information content (AvgIpc) is 3.41. The highest BCUT2D eigenvalue weighted by molar-refractivity contribution is 5.99. The second-order valence-electron chi connectivity index (χ2n) is 11.1. The lowest BCUT2D eigenvalue weighted by Crippen LogP contribution is -2.50. The number of carbonyl (C=O) groups is 2. The number of aliphatic hydroxyl groups is 1. The van der Waals surface area contributed by atoms with Gasteiger partial charge < -0.3 is 19.8 Å². The van der Waals surface area contributed by atoms with Crippen molar-refractivity contribution < 1.29 is 19.2 Å². The van der Waals surface area contributed by atoms with Gasteiger partial charge in [-0.3, -0.25) is 9.59 Å². The third kappa shape index (κ3) is 3.82. The molecule has 4 bridgehead atoms. The van der Waals surface area contributed by atoms with Crippen molar-refractivity contribution in [1.82, 2.24) is 20.4 Å². The first-order valence-corrected chi connectivity index (χ1v) is 11.8. The Morgan fingerprint density at radius 3 is 2.45 bits per heavy atom. The minimum absolute atomic E-state index is 0.0364. The summed E-state index contributed by atoms with van der Waals surface area (Å²) in [6.45, 7) is 4.23. The Labute approximate surface area is 183 Å². The first-order valence-electron chi connectivity index (χ1n) is 11.8. The van der Waals surface area contributed by atoms with Crippen molar-refractivity contribution >= 4 is 11.7 Å². The Bertz CT molecular complexity index is 828. The largest absolute Gasteiger partial charge is 0.394 e. The topological polar surface area (TPSA) is 109 Å². The minimum atomic E-state index is -0.546. The fourth-order valence-electron chi connectivity index (χ4n) is 6.87. The average molecular weight is 431 g/mol. The van der Waals surface area contributed by atoms with Gasteiger partial charge in [-0.25, -0.2) is 0 Å². The molecule has 1 aromatic heterocycles. The van der Waals surface area contributed by atoms with Gasteiger partial charge in [0.2, 0.25) is 23.4 Å². The summed E-state index contributed by atoms with van der Waals surface area (Å²) in [6.07, 6.45) is 8.72. The van der Waals surface area contributed by atoms with Gasteiger partial charge in [0, 0.05) is 12.1 Å².